The number of amides is 1. The van der Waals surface area contributed by atoms with Crippen molar-refractivity contribution < 1.29 is 23.9 Å². The summed E-state index contributed by atoms with van der Waals surface area (Å²) >= 11 is 0. The molecule has 3 aromatic rings. The standard InChI is InChI=1S/C24H27N3O5/c1-15(28)26-21(22(29)31-5)20(16-9-7-6-8-10-16)18-14-27(23(30)32-24(2,3)4)19-13-25-12-11-17(18)19/h6-14,20-21H,1-5H3,(H,26,28)/t20-,21+/m1/s1. The van der Waals surface area contributed by atoms with Crippen LogP contribution >= 0.6 is 0 Å². The summed E-state index contributed by atoms with van der Waals surface area (Å²) in [6.45, 7) is 6.69. The van der Waals surface area contributed by atoms with E-state index in [0.717, 1.165) is 5.56 Å². The van der Waals surface area contributed by atoms with Crippen LogP contribution in [0, 0.1) is 0 Å². The van der Waals surface area contributed by atoms with E-state index >= 15 is 0 Å². The van der Waals surface area contributed by atoms with E-state index in [-0.39, 0.29) is 5.91 Å². The minimum atomic E-state index is -1.01. The maximum Gasteiger partial charge on any atom is 0.419 e. The van der Waals surface area contributed by atoms with E-state index in [0.29, 0.717) is 16.5 Å². The number of rotatable bonds is 5. The molecule has 168 valence electrons. The van der Waals surface area contributed by atoms with Gasteiger partial charge in [0.05, 0.1) is 18.8 Å². The molecule has 2 aromatic heterocycles. The largest absolute Gasteiger partial charge is 0.467 e. The number of fused-ring (bicyclic) bond motifs is 1. The summed E-state index contributed by atoms with van der Waals surface area (Å²) in [5.41, 5.74) is 1.27. The van der Waals surface area contributed by atoms with E-state index in [9.17, 15) is 14.4 Å². The van der Waals surface area contributed by atoms with Crippen LogP contribution in [0.5, 0.6) is 0 Å². The van der Waals surface area contributed by atoms with Gasteiger partial charge in [-0.3, -0.25) is 14.3 Å². The molecule has 1 aromatic carbocycles. The molecule has 1 amide bonds. The number of pyridine rings is 1. The molecule has 2 heterocycles. The van der Waals surface area contributed by atoms with Gasteiger partial charge in [0.25, 0.3) is 0 Å². The number of hydrogen-bond donors (Lipinski definition) is 1. The molecule has 0 saturated carbocycles. The van der Waals surface area contributed by atoms with E-state index in [1.165, 1.54) is 18.6 Å². The number of ether oxygens (including phenoxy) is 2. The van der Waals surface area contributed by atoms with Gasteiger partial charge in [-0.25, -0.2) is 9.59 Å². The van der Waals surface area contributed by atoms with Gasteiger partial charge < -0.3 is 14.8 Å². The molecule has 0 spiro atoms. The highest BCUT2D eigenvalue weighted by molar-refractivity contribution is 5.93. The third-order valence-electron chi connectivity index (χ3n) is 4.87. The van der Waals surface area contributed by atoms with Crippen molar-refractivity contribution in [2.45, 2.75) is 45.3 Å². The first-order valence-electron chi connectivity index (χ1n) is 10.2. The molecule has 0 fully saturated rings. The molecule has 0 aliphatic carbocycles. The van der Waals surface area contributed by atoms with Crippen molar-refractivity contribution in [3.63, 3.8) is 0 Å². The summed E-state index contributed by atoms with van der Waals surface area (Å²) in [6, 6.07) is 10.0. The Morgan fingerprint density at radius 1 is 1.09 bits per heavy atom. The number of aromatic nitrogens is 2. The Morgan fingerprint density at radius 2 is 1.78 bits per heavy atom. The monoisotopic (exact) mass is 437 g/mol. The van der Waals surface area contributed by atoms with Gasteiger partial charge in [0.1, 0.15) is 11.6 Å². The minimum absolute atomic E-state index is 0.376. The fourth-order valence-corrected chi connectivity index (χ4v) is 3.65. The molecule has 8 heteroatoms. The lowest BCUT2D eigenvalue weighted by Crippen LogP contribution is -2.45. The normalized spacial score (nSPS) is 13.3. The molecule has 32 heavy (non-hydrogen) atoms. The molecule has 2 atom stereocenters. The van der Waals surface area contributed by atoms with E-state index in [1.807, 2.05) is 30.3 Å². The molecule has 0 bridgehead atoms. The highest BCUT2D eigenvalue weighted by Crippen LogP contribution is 2.35. The molecular formula is C24H27N3O5. The predicted octanol–water partition coefficient (Wildman–Crippen LogP) is 3.63. The summed E-state index contributed by atoms with van der Waals surface area (Å²) in [4.78, 5) is 41.8. The number of esters is 1. The number of hydrogen-bond acceptors (Lipinski definition) is 6. The first-order valence-corrected chi connectivity index (χ1v) is 10.2. The van der Waals surface area contributed by atoms with Gasteiger partial charge in [-0.1, -0.05) is 30.3 Å². The lowest BCUT2D eigenvalue weighted by atomic mass is 9.84. The number of carbonyl (C=O) groups is 3. The van der Waals surface area contributed by atoms with E-state index < -0.39 is 29.6 Å². The molecule has 1 N–H and O–H groups in total. The second-order valence-corrected chi connectivity index (χ2v) is 8.42. The molecule has 0 aliphatic heterocycles. The topological polar surface area (TPSA) is 99.5 Å². The van der Waals surface area contributed by atoms with Gasteiger partial charge >= 0.3 is 12.1 Å². The predicted molar refractivity (Wildman–Crippen MR) is 119 cm³/mol. The van der Waals surface area contributed by atoms with E-state index in [1.54, 1.807) is 45.4 Å². The number of nitrogens with zero attached hydrogens (tertiary/aromatic N) is 2. The fourth-order valence-electron chi connectivity index (χ4n) is 3.65. The van der Waals surface area contributed by atoms with Gasteiger partial charge in [-0.05, 0) is 38.0 Å². The minimum Gasteiger partial charge on any atom is -0.467 e. The molecule has 0 aliphatic rings. The zero-order valence-corrected chi connectivity index (χ0v) is 18.8. The van der Waals surface area contributed by atoms with Crippen LogP contribution in [0.1, 0.15) is 44.7 Å². The quantitative estimate of drug-likeness (QED) is 0.612. The van der Waals surface area contributed by atoms with Crippen LogP contribution in [0.3, 0.4) is 0 Å². The smallest absolute Gasteiger partial charge is 0.419 e. The average molecular weight is 437 g/mol. The van der Waals surface area contributed by atoms with Gasteiger partial charge in [-0.2, -0.15) is 0 Å². The van der Waals surface area contributed by atoms with Crippen molar-refractivity contribution in [3.8, 4) is 0 Å². The highest BCUT2D eigenvalue weighted by Gasteiger charge is 2.35. The van der Waals surface area contributed by atoms with Gasteiger partial charge in [0.2, 0.25) is 5.91 Å². The van der Waals surface area contributed by atoms with Crippen molar-refractivity contribution >= 4 is 28.9 Å². The third kappa shape index (κ3) is 4.96. The van der Waals surface area contributed by atoms with Crippen molar-refractivity contribution in [1.82, 2.24) is 14.9 Å². The zero-order valence-electron chi connectivity index (χ0n) is 18.8. The second kappa shape index (κ2) is 9.21. The summed E-state index contributed by atoms with van der Waals surface area (Å²) in [5.74, 6) is -1.60. The Bertz CT molecular complexity index is 1130. The number of methoxy groups -OCH3 is 1. The highest BCUT2D eigenvalue weighted by atomic mass is 16.6. The Hall–Kier alpha value is -3.68. The Kier molecular flexibility index (Phi) is 6.62. The summed E-state index contributed by atoms with van der Waals surface area (Å²) < 4.78 is 11.9. The van der Waals surface area contributed by atoms with Gasteiger partial charge in [0.15, 0.2) is 0 Å². The van der Waals surface area contributed by atoms with Gasteiger partial charge in [-0.15, -0.1) is 0 Å². The maximum atomic E-state index is 12.9. The average Bonchev–Trinajstić information content (AvgIpc) is 3.12. The van der Waals surface area contributed by atoms with Crippen LogP contribution < -0.4 is 5.32 Å². The van der Waals surface area contributed by atoms with Crippen molar-refractivity contribution in [2.24, 2.45) is 0 Å². The van der Waals surface area contributed by atoms with Crippen LogP contribution in [-0.4, -0.2) is 46.3 Å². The number of nitrogens with one attached hydrogen (secondary N) is 1. The van der Waals surface area contributed by atoms with Crippen LogP contribution in [0.15, 0.2) is 55.0 Å². The molecule has 0 radical (unpaired) electrons. The fraction of sp³-hybridized carbons (Fsp3) is 0.333. The molecule has 3 rings (SSSR count). The Balaban J connectivity index is 2.25. The summed E-state index contributed by atoms with van der Waals surface area (Å²) in [6.07, 6.45) is 4.24. The summed E-state index contributed by atoms with van der Waals surface area (Å²) in [5, 5.41) is 3.42. The first-order chi connectivity index (χ1) is 15.1. The maximum absolute atomic E-state index is 12.9. The van der Waals surface area contributed by atoms with Crippen molar-refractivity contribution in [2.75, 3.05) is 7.11 Å². The summed E-state index contributed by atoms with van der Waals surface area (Å²) in [7, 11) is 1.27. The van der Waals surface area contributed by atoms with Gasteiger partial charge in [0, 0.05) is 30.6 Å². The first kappa shape index (κ1) is 23.0. The van der Waals surface area contributed by atoms with Crippen LogP contribution in [0.25, 0.3) is 10.9 Å². The molecule has 0 unspecified atom stereocenters. The van der Waals surface area contributed by atoms with E-state index in [2.05, 4.69) is 10.3 Å². The Labute approximate surface area is 186 Å². The zero-order chi connectivity index (χ0) is 23.5. The van der Waals surface area contributed by atoms with Crippen molar-refractivity contribution in [3.05, 3.63) is 66.1 Å². The van der Waals surface area contributed by atoms with E-state index in [4.69, 9.17) is 9.47 Å². The molecule has 8 nitrogen and oxygen atoms in total. The van der Waals surface area contributed by atoms with Crippen molar-refractivity contribution in [1.29, 1.82) is 0 Å². The van der Waals surface area contributed by atoms with Crippen LogP contribution in [-0.2, 0) is 19.1 Å². The Morgan fingerprint density at radius 3 is 2.38 bits per heavy atom. The SMILES string of the molecule is COC(=O)[C@@H](NC(C)=O)[C@H](c1ccccc1)c1cn(C(=O)OC(C)(C)C)c2cnccc12. The molecule has 0 saturated heterocycles. The second-order valence-electron chi connectivity index (χ2n) is 8.42. The van der Waals surface area contributed by atoms with Crippen LogP contribution in [0.4, 0.5) is 4.79 Å². The number of benzene rings is 1. The molecular weight excluding hydrogens is 410 g/mol. The van der Waals surface area contributed by atoms with Crippen LogP contribution in [0.2, 0.25) is 0 Å². The lowest BCUT2D eigenvalue weighted by molar-refractivity contribution is -0.145. The number of carbonyl (C=O) groups excluding carboxylic acids is 3. The third-order valence-corrected chi connectivity index (χ3v) is 4.87. The lowest BCUT2D eigenvalue weighted by Gasteiger charge is -2.26.